The number of carbonyl (C=O) groups excluding carboxylic acids is 2. The number of carbonyl (C=O) groups is 2. The molecular formula is C19H27FN2O2. The Bertz CT molecular complexity index is 566. The van der Waals surface area contributed by atoms with Gasteiger partial charge in [0.05, 0.1) is 5.56 Å². The van der Waals surface area contributed by atoms with Crippen molar-refractivity contribution in [2.45, 2.75) is 64.5 Å². The van der Waals surface area contributed by atoms with Crippen LogP contribution in [0.1, 0.15) is 62.7 Å². The van der Waals surface area contributed by atoms with Crippen LogP contribution >= 0.6 is 0 Å². The van der Waals surface area contributed by atoms with Crippen LogP contribution in [0.4, 0.5) is 4.39 Å². The second-order valence-electron chi connectivity index (χ2n) is 6.87. The Kier molecular flexibility index (Phi) is 6.76. The first-order chi connectivity index (χ1) is 11.5. The minimum absolute atomic E-state index is 0.0367. The fourth-order valence-electron chi connectivity index (χ4n) is 3.11. The molecular weight excluding hydrogens is 307 g/mol. The summed E-state index contributed by atoms with van der Waals surface area (Å²) in [5.74, 6) is -1.39. The first-order valence-electron chi connectivity index (χ1n) is 8.85. The van der Waals surface area contributed by atoms with E-state index in [0.717, 1.165) is 25.7 Å². The van der Waals surface area contributed by atoms with E-state index in [1.165, 1.54) is 31.0 Å². The highest BCUT2D eigenvalue weighted by Crippen LogP contribution is 2.18. The van der Waals surface area contributed by atoms with E-state index in [4.69, 9.17) is 0 Å². The van der Waals surface area contributed by atoms with Gasteiger partial charge in [-0.25, -0.2) is 4.39 Å². The van der Waals surface area contributed by atoms with Crippen LogP contribution in [0.25, 0.3) is 0 Å². The van der Waals surface area contributed by atoms with E-state index in [1.807, 2.05) is 13.8 Å². The monoisotopic (exact) mass is 334 g/mol. The van der Waals surface area contributed by atoms with Gasteiger partial charge in [-0.15, -0.1) is 0 Å². The van der Waals surface area contributed by atoms with E-state index >= 15 is 0 Å². The second-order valence-corrected chi connectivity index (χ2v) is 6.87. The molecule has 1 aliphatic rings. The Morgan fingerprint density at radius 3 is 2.29 bits per heavy atom. The predicted molar refractivity (Wildman–Crippen MR) is 92.1 cm³/mol. The minimum Gasteiger partial charge on any atom is -0.352 e. The lowest BCUT2D eigenvalue weighted by molar-refractivity contribution is -0.124. The fraction of sp³-hybridized carbons (Fsp3) is 0.579. The van der Waals surface area contributed by atoms with E-state index in [0.29, 0.717) is 0 Å². The molecule has 2 N–H and O–H groups in total. The van der Waals surface area contributed by atoms with Crippen molar-refractivity contribution in [3.05, 3.63) is 35.6 Å². The normalized spacial score (nSPS) is 17.2. The molecule has 0 saturated heterocycles. The van der Waals surface area contributed by atoms with Gasteiger partial charge in [0, 0.05) is 6.04 Å². The van der Waals surface area contributed by atoms with E-state index in [2.05, 4.69) is 10.6 Å². The molecule has 2 rings (SSSR count). The summed E-state index contributed by atoms with van der Waals surface area (Å²) >= 11 is 0. The number of hydrogen-bond acceptors (Lipinski definition) is 2. The summed E-state index contributed by atoms with van der Waals surface area (Å²) < 4.78 is 13.7. The Labute approximate surface area is 143 Å². The van der Waals surface area contributed by atoms with Crippen molar-refractivity contribution < 1.29 is 14.0 Å². The van der Waals surface area contributed by atoms with Crippen LogP contribution in [0.2, 0.25) is 0 Å². The summed E-state index contributed by atoms with van der Waals surface area (Å²) in [6, 6.07) is 5.31. The maximum Gasteiger partial charge on any atom is 0.254 e. The third-order valence-electron chi connectivity index (χ3n) is 4.56. The standard InChI is InChI=1S/C19H27FN2O2/c1-13(2)17(19(24)21-14-9-5-3-4-6-10-14)22-18(23)15-11-7-8-12-16(15)20/h7-8,11-14,17H,3-6,9-10H2,1-2H3,(H,21,24)(H,22,23). The second kappa shape index (κ2) is 8.81. The van der Waals surface area contributed by atoms with Crippen molar-refractivity contribution in [3.63, 3.8) is 0 Å². The summed E-state index contributed by atoms with van der Waals surface area (Å²) in [7, 11) is 0. The van der Waals surface area contributed by atoms with Crippen molar-refractivity contribution in [2.75, 3.05) is 0 Å². The Hall–Kier alpha value is -1.91. The lowest BCUT2D eigenvalue weighted by Crippen LogP contribution is -2.52. The number of rotatable bonds is 5. The van der Waals surface area contributed by atoms with Crippen LogP contribution < -0.4 is 10.6 Å². The number of benzene rings is 1. The van der Waals surface area contributed by atoms with Gasteiger partial charge in [0.15, 0.2) is 0 Å². The number of nitrogens with one attached hydrogen (secondary N) is 2. The zero-order valence-electron chi connectivity index (χ0n) is 14.5. The molecule has 1 aromatic rings. The maximum absolute atomic E-state index is 13.7. The van der Waals surface area contributed by atoms with Gasteiger partial charge in [0.25, 0.3) is 5.91 Å². The molecule has 24 heavy (non-hydrogen) atoms. The van der Waals surface area contributed by atoms with E-state index < -0.39 is 17.8 Å². The van der Waals surface area contributed by atoms with Crippen molar-refractivity contribution >= 4 is 11.8 Å². The summed E-state index contributed by atoms with van der Waals surface area (Å²) in [6.07, 6.45) is 6.64. The van der Waals surface area contributed by atoms with Crippen LogP contribution in [0, 0.1) is 11.7 Å². The Morgan fingerprint density at radius 1 is 1.08 bits per heavy atom. The number of amides is 2. The Balaban J connectivity index is 2.01. The van der Waals surface area contributed by atoms with Gasteiger partial charge >= 0.3 is 0 Å². The van der Waals surface area contributed by atoms with Crippen molar-refractivity contribution in [1.82, 2.24) is 10.6 Å². The molecule has 0 radical (unpaired) electrons. The third kappa shape index (κ3) is 5.05. The summed E-state index contributed by atoms with van der Waals surface area (Å²) in [4.78, 5) is 24.9. The van der Waals surface area contributed by atoms with Gasteiger partial charge in [-0.1, -0.05) is 51.7 Å². The molecule has 132 valence electrons. The van der Waals surface area contributed by atoms with Crippen molar-refractivity contribution in [3.8, 4) is 0 Å². The molecule has 4 nitrogen and oxygen atoms in total. The van der Waals surface area contributed by atoms with Crippen LogP contribution in [0.5, 0.6) is 0 Å². The van der Waals surface area contributed by atoms with Gasteiger partial charge in [-0.2, -0.15) is 0 Å². The lowest BCUT2D eigenvalue weighted by atomic mass is 10.0. The summed E-state index contributed by atoms with van der Waals surface area (Å²) in [5.41, 5.74) is -0.0367. The molecule has 1 aliphatic carbocycles. The predicted octanol–water partition coefficient (Wildman–Crippen LogP) is 3.42. The molecule has 0 bridgehead atoms. The molecule has 1 fully saturated rings. The van der Waals surface area contributed by atoms with Gasteiger partial charge < -0.3 is 10.6 Å². The van der Waals surface area contributed by atoms with E-state index in [1.54, 1.807) is 6.07 Å². The SMILES string of the molecule is CC(C)C(NC(=O)c1ccccc1F)C(=O)NC1CCCCCC1. The highest BCUT2D eigenvalue weighted by molar-refractivity contribution is 5.97. The molecule has 0 heterocycles. The molecule has 5 heteroatoms. The maximum atomic E-state index is 13.7. The molecule has 0 aromatic heterocycles. The van der Waals surface area contributed by atoms with Gasteiger partial charge in [-0.05, 0) is 30.9 Å². The molecule has 0 spiro atoms. The molecule has 1 atom stereocenters. The average molecular weight is 334 g/mol. The highest BCUT2D eigenvalue weighted by Gasteiger charge is 2.27. The van der Waals surface area contributed by atoms with Gasteiger partial charge in [0.1, 0.15) is 11.9 Å². The van der Waals surface area contributed by atoms with E-state index in [-0.39, 0.29) is 23.4 Å². The number of hydrogen-bond donors (Lipinski definition) is 2. The van der Waals surface area contributed by atoms with Crippen molar-refractivity contribution in [1.29, 1.82) is 0 Å². The summed E-state index contributed by atoms with van der Waals surface area (Å²) in [5, 5.41) is 5.75. The molecule has 1 saturated carbocycles. The van der Waals surface area contributed by atoms with Gasteiger partial charge in [-0.3, -0.25) is 9.59 Å². The minimum atomic E-state index is -0.666. The van der Waals surface area contributed by atoms with E-state index in [9.17, 15) is 14.0 Å². The molecule has 2 amide bonds. The van der Waals surface area contributed by atoms with Crippen molar-refractivity contribution in [2.24, 2.45) is 5.92 Å². The van der Waals surface area contributed by atoms with Crippen LogP contribution in [-0.2, 0) is 4.79 Å². The van der Waals surface area contributed by atoms with Gasteiger partial charge in [0.2, 0.25) is 5.91 Å². The Morgan fingerprint density at radius 2 is 1.71 bits per heavy atom. The third-order valence-corrected chi connectivity index (χ3v) is 4.56. The first-order valence-corrected chi connectivity index (χ1v) is 8.85. The van der Waals surface area contributed by atoms with Crippen LogP contribution in [0.3, 0.4) is 0 Å². The summed E-state index contributed by atoms with van der Waals surface area (Å²) in [6.45, 7) is 3.75. The molecule has 1 aromatic carbocycles. The zero-order valence-corrected chi connectivity index (χ0v) is 14.5. The highest BCUT2D eigenvalue weighted by atomic mass is 19.1. The number of halogens is 1. The smallest absolute Gasteiger partial charge is 0.254 e. The molecule has 0 aliphatic heterocycles. The van der Waals surface area contributed by atoms with Crippen LogP contribution in [-0.4, -0.2) is 23.9 Å². The first kappa shape index (κ1) is 18.4. The zero-order chi connectivity index (χ0) is 17.5. The van der Waals surface area contributed by atoms with Crippen LogP contribution in [0.15, 0.2) is 24.3 Å². The molecule has 1 unspecified atom stereocenters. The topological polar surface area (TPSA) is 58.2 Å². The average Bonchev–Trinajstić information content (AvgIpc) is 2.81. The fourth-order valence-corrected chi connectivity index (χ4v) is 3.11. The largest absolute Gasteiger partial charge is 0.352 e. The quantitative estimate of drug-likeness (QED) is 0.811. The lowest BCUT2D eigenvalue weighted by Gasteiger charge is -2.25.